The van der Waals surface area contributed by atoms with Gasteiger partial charge in [0.25, 0.3) is 0 Å². The van der Waals surface area contributed by atoms with E-state index in [1.54, 1.807) is 12.4 Å². The van der Waals surface area contributed by atoms with Gasteiger partial charge in [-0.2, -0.15) is 10.2 Å². The van der Waals surface area contributed by atoms with Crippen molar-refractivity contribution in [1.29, 1.82) is 0 Å². The number of rotatable bonds is 7. The number of nitrogens with one attached hydrogen (secondary N) is 2. The summed E-state index contributed by atoms with van der Waals surface area (Å²) in [5.74, 6) is 0.933. The van der Waals surface area contributed by atoms with E-state index in [0.717, 1.165) is 97.7 Å². The van der Waals surface area contributed by atoms with Crippen molar-refractivity contribution < 1.29 is 9.18 Å². The Morgan fingerprint density at radius 1 is 1.00 bits per heavy atom. The molecule has 10 nitrogen and oxygen atoms in total. The minimum Gasteiger partial charge on any atom is -0.340 e. The van der Waals surface area contributed by atoms with E-state index in [-0.39, 0.29) is 11.7 Å². The maximum Gasteiger partial charge on any atom is 0.225 e. The molecule has 2 aliphatic heterocycles. The van der Waals surface area contributed by atoms with E-state index < -0.39 is 0 Å². The zero-order valence-electron chi connectivity index (χ0n) is 23.4. The lowest BCUT2D eigenvalue weighted by atomic mass is 9.94. The summed E-state index contributed by atoms with van der Waals surface area (Å²) in [6.07, 6.45) is 7.14. The van der Waals surface area contributed by atoms with Gasteiger partial charge in [-0.05, 0) is 73.5 Å². The lowest BCUT2D eigenvalue weighted by Crippen LogP contribution is -2.50. The number of carbonyl (C=O) groups is 1. The standard InChI is InChI=1S/C31H34FN9O/c32-26-3-1-2-22(16-26)19-41-28-5-4-27(17-25(28)18-35-41)37-30-29-24(8-13-40(29)36-21-34-30)20-38-11-6-23(7-12-38)31(42)39-14-9-33-10-15-39/h1-5,8,13,16-18,21,23,33H,6-7,9-12,14-15,19-20H2,(H,34,36,37). The van der Waals surface area contributed by atoms with Crippen LogP contribution < -0.4 is 10.6 Å². The van der Waals surface area contributed by atoms with Crippen LogP contribution >= 0.6 is 0 Å². The van der Waals surface area contributed by atoms with Gasteiger partial charge >= 0.3 is 0 Å². The number of benzene rings is 2. The Hall–Kier alpha value is -4.35. The summed E-state index contributed by atoms with van der Waals surface area (Å²) < 4.78 is 17.4. The highest BCUT2D eigenvalue weighted by molar-refractivity contribution is 5.85. The molecule has 5 heterocycles. The van der Waals surface area contributed by atoms with E-state index in [4.69, 9.17) is 0 Å². The molecular formula is C31H34FN9O. The Morgan fingerprint density at radius 3 is 2.69 bits per heavy atom. The van der Waals surface area contributed by atoms with E-state index in [0.29, 0.717) is 12.5 Å². The highest BCUT2D eigenvalue weighted by atomic mass is 19.1. The van der Waals surface area contributed by atoms with Crippen molar-refractivity contribution in [2.24, 2.45) is 5.92 Å². The summed E-state index contributed by atoms with van der Waals surface area (Å²) >= 11 is 0. The number of likely N-dealkylation sites (tertiary alicyclic amines) is 1. The quantitative estimate of drug-likeness (QED) is 0.310. The van der Waals surface area contributed by atoms with Gasteiger partial charge in [-0.25, -0.2) is 13.9 Å². The maximum atomic E-state index is 13.7. The molecule has 2 saturated heterocycles. The number of aromatic nitrogens is 5. The molecule has 2 aromatic carbocycles. The number of nitrogens with zero attached hydrogens (tertiary/aromatic N) is 7. The highest BCUT2D eigenvalue weighted by Gasteiger charge is 2.29. The second-order valence-corrected chi connectivity index (χ2v) is 11.2. The Balaban J connectivity index is 1.05. The highest BCUT2D eigenvalue weighted by Crippen LogP contribution is 2.28. The van der Waals surface area contributed by atoms with Crippen molar-refractivity contribution in [3.05, 3.63) is 84.2 Å². The zero-order chi connectivity index (χ0) is 28.5. The van der Waals surface area contributed by atoms with Crippen LogP contribution in [0.15, 0.2) is 67.3 Å². The van der Waals surface area contributed by atoms with Gasteiger partial charge in [0.1, 0.15) is 17.7 Å². The number of hydrogen-bond donors (Lipinski definition) is 2. The number of anilines is 2. The number of amides is 1. The van der Waals surface area contributed by atoms with Crippen LogP contribution in [0.5, 0.6) is 0 Å². The van der Waals surface area contributed by atoms with E-state index in [1.165, 1.54) is 12.1 Å². The number of halogens is 1. The first-order valence-corrected chi connectivity index (χ1v) is 14.6. The molecule has 2 N–H and O–H groups in total. The predicted octanol–water partition coefficient (Wildman–Crippen LogP) is 3.65. The molecule has 42 heavy (non-hydrogen) atoms. The van der Waals surface area contributed by atoms with Crippen LogP contribution in [-0.2, 0) is 17.9 Å². The minimum absolute atomic E-state index is 0.124. The molecule has 5 aromatic rings. The molecule has 11 heteroatoms. The summed E-state index contributed by atoms with van der Waals surface area (Å²) in [6, 6.07) is 14.8. The van der Waals surface area contributed by atoms with Crippen LogP contribution in [0.4, 0.5) is 15.9 Å². The van der Waals surface area contributed by atoms with Crippen LogP contribution in [0, 0.1) is 11.7 Å². The van der Waals surface area contributed by atoms with Crippen molar-refractivity contribution in [1.82, 2.24) is 39.5 Å². The number of fused-ring (bicyclic) bond motifs is 2. The van der Waals surface area contributed by atoms with Gasteiger partial charge in [-0.15, -0.1) is 0 Å². The van der Waals surface area contributed by atoms with E-state index in [9.17, 15) is 9.18 Å². The van der Waals surface area contributed by atoms with Crippen LogP contribution in [0.1, 0.15) is 24.0 Å². The summed E-state index contributed by atoms with van der Waals surface area (Å²) in [7, 11) is 0. The van der Waals surface area contributed by atoms with E-state index in [1.807, 2.05) is 50.8 Å². The molecule has 0 bridgehead atoms. The van der Waals surface area contributed by atoms with Crippen LogP contribution in [0.2, 0.25) is 0 Å². The van der Waals surface area contributed by atoms with Gasteiger partial charge in [-0.3, -0.25) is 14.4 Å². The Kier molecular flexibility index (Phi) is 7.27. The van der Waals surface area contributed by atoms with Crippen LogP contribution in [0.25, 0.3) is 16.4 Å². The molecule has 3 aromatic heterocycles. The molecule has 2 aliphatic rings. The van der Waals surface area contributed by atoms with Crippen molar-refractivity contribution in [2.75, 3.05) is 44.6 Å². The van der Waals surface area contributed by atoms with Gasteiger partial charge in [-0.1, -0.05) is 12.1 Å². The first kappa shape index (κ1) is 26.5. The average molecular weight is 568 g/mol. The molecule has 7 rings (SSSR count). The van der Waals surface area contributed by atoms with Crippen molar-refractivity contribution in [2.45, 2.75) is 25.9 Å². The molecule has 1 amide bonds. The van der Waals surface area contributed by atoms with Gasteiger partial charge in [0, 0.05) is 55.9 Å². The third kappa shape index (κ3) is 5.45. The molecule has 0 saturated carbocycles. The smallest absolute Gasteiger partial charge is 0.225 e. The Bertz CT molecular complexity index is 1720. The topological polar surface area (TPSA) is 95.6 Å². The van der Waals surface area contributed by atoms with Crippen molar-refractivity contribution >= 4 is 33.8 Å². The molecular weight excluding hydrogens is 533 g/mol. The van der Waals surface area contributed by atoms with Gasteiger partial charge < -0.3 is 15.5 Å². The number of carbonyl (C=O) groups excluding carboxylic acids is 1. The second-order valence-electron chi connectivity index (χ2n) is 11.2. The van der Waals surface area contributed by atoms with E-state index >= 15 is 0 Å². The second kappa shape index (κ2) is 11.5. The first-order chi connectivity index (χ1) is 20.6. The minimum atomic E-state index is -0.248. The molecule has 0 atom stereocenters. The van der Waals surface area contributed by atoms with Gasteiger partial charge in [0.05, 0.1) is 18.3 Å². The van der Waals surface area contributed by atoms with Gasteiger partial charge in [0.2, 0.25) is 5.91 Å². The fraction of sp³-hybridized carbons (Fsp3) is 0.355. The normalized spacial score (nSPS) is 16.8. The lowest BCUT2D eigenvalue weighted by Gasteiger charge is -2.35. The lowest BCUT2D eigenvalue weighted by molar-refractivity contribution is -0.137. The Labute approximate surface area is 243 Å². The number of piperidine rings is 1. The third-order valence-corrected chi connectivity index (χ3v) is 8.42. The molecule has 2 fully saturated rings. The van der Waals surface area contributed by atoms with Crippen LogP contribution in [0.3, 0.4) is 0 Å². The molecule has 0 unspecified atom stereocenters. The van der Waals surface area contributed by atoms with Gasteiger partial charge in [0.15, 0.2) is 5.82 Å². The summed E-state index contributed by atoms with van der Waals surface area (Å²) in [5.41, 5.74) is 4.82. The van der Waals surface area contributed by atoms with Crippen molar-refractivity contribution in [3.8, 4) is 0 Å². The largest absolute Gasteiger partial charge is 0.340 e. The molecule has 216 valence electrons. The molecule has 0 radical (unpaired) electrons. The number of hydrogen-bond acceptors (Lipinski definition) is 7. The number of piperazine rings is 1. The SMILES string of the molecule is O=C(C1CCN(Cc2ccn3ncnc(Nc4ccc5c(cnn5Cc5cccc(F)c5)c4)c23)CC1)N1CCNCC1. The van der Waals surface area contributed by atoms with E-state index in [2.05, 4.69) is 36.8 Å². The maximum absolute atomic E-state index is 13.7. The molecule has 0 spiro atoms. The van der Waals surface area contributed by atoms with Crippen LogP contribution in [-0.4, -0.2) is 79.4 Å². The molecule has 0 aliphatic carbocycles. The Morgan fingerprint density at radius 2 is 1.86 bits per heavy atom. The summed E-state index contributed by atoms with van der Waals surface area (Å²) in [6.45, 7) is 6.47. The predicted molar refractivity (Wildman–Crippen MR) is 159 cm³/mol. The zero-order valence-corrected chi connectivity index (χ0v) is 23.4. The monoisotopic (exact) mass is 567 g/mol. The summed E-state index contributed by atoms with van der Waals surface area (Å²) in [4.78, 5) is 22.0. The average Bonchev–Trinajstić information content (AvgIpc) is 3.62. The fourth-order valence-electron chi connectivity index (χ4n) is 6.20. The van der Waals surface area contributed by atoms with Crippen molar-refractivity contribution in [3.63, 3.8) is 0 Å². The first-order valence-electron chi connectivity index (χ1n) is 14.6. The third-order valence-electron chi connectivity index (χ3n) is 8.42. The fourth-order valence-corrected chi connectivity index (χ4v) is 6.20. The summed E-state index contributed by atoms with van der Waals surface area (Å²) in [5, 5.41) is 16.8.